The second-order valence-corrected chi connectivity index (χ2v) is 13.9. The summed E-state index contributed by atoms with van der Waals surface area (Å²) < 4.78 is 2.41. The van der Waals surface area contributed by atoms with E-state index in [4.69, 9.17) is 11.2 Å². The van der Waals surface area contributed by atoms with Gasteiger partial charge in [0.25, 0.3) is 0 Å². The molecule has 0 radical (unpaired) electrons. The first-order valence-electron chi connectivity index (χ1n) is 7.50. The van der Waals surface area contributed by atoms with E-state index in [2.05, 4.69) is 60.1 Å². The van der Waals surface area contributed by atoms with Gasteiger partial charge in [-0.3, -0.25) is 4.67 Å². The molecule has 0 aromatic rings. The van der Waals surface area contributed by atoms with Crippen LogP contribution in [0.1, 0.15) is 61.8 Å². The standard InChI is InChI=1S/C15H34ClNP2/c1-9-17(10-2)19(16)13-11-12-18(14(3,4)5)15(6,7)8/h9-13H2,1-8H3. The van der Waals surface area contributed by atoms with Crippen LogP contribution in [0.2, 0.25) is 0 Å². The molecule has 0 saturated heterocycles. The van der Waals surface area contributed by atoms with E-state index in [0.717, 1.165) is 13.1 Å². The molecule has 0 amide bonds. The minimum atomic E-state index is -0.431. The fourth-order valence-electron chi connectivity index (χ4n) is 2.71. The summed E-state index contributed by atoms with van der Waals surface area (Å²) in [6.45, 7) is 21.0. The maximum absolute atomic E-state index is 6.56. The number of halogens is 1. The van der Waals surface area contributed by atoms with Gasteiger partial charge in [-0.1, -0.05) is 74.6 Å². The van der Waals surface area contributed by atoms with Crippen LogP contribution in [0.3, 0.4) is 0 Å². The number of rotatable bonds is 7. The van der Waals surface area contributed by atoms with Crippen LogP contribution in [0.15, 0.2) is 0 Å². The van der Waals surface area contributed by atoms with Crippen molar-refractivity contribution in [1.82, 2.24) is 4.67 Å². The summed E-state index contributed by atoms with van der Waals surface area (Å²) in [6.07, 6.45) is 3.82. The topological polar surface area (TPSA) is 3.24 Å². The Bertz CT molecular complexity index is 228. The van der Waals surface area contributed by atoms with Gasteiger partial charge >= 0.3 is 0 Å². The van der Waals surface area contributed by atoms with Crippen LogP contribution in [0.5, 0.6) is 0 Å². The zero-order valence-corrected chi connectivity index (χ0v) is 16.8. The molecule has 1 nitrogen and oxygen atoms in total. The molecule has 0 aliphatic carbocycles. The summed E-state index contributed by atoms with van der Waals surface area (Å²) in [5.41, 5.74) is 0. The molecule has 0 fully saturated rings. The van der Waals surface area contributed by atoms with Crippen molar-refractivity contribution in [3.63, 3.8) is 0 Å². The van der Waals surface area contributed by atoms with Gasteiger partial charge in [-0.15, -0.1) is 0 Å². The molecule has 116 valence electrons. The van der Waals surface area contributed by atoms with Gasteiger partial charge in [0.15, 0.2) is 0 Å². The third-order valence-electron chi connectivity index (χ3n) is 3.38. The van der Waals surface area contributed by atoms with Gasteiger partial charge in [0.05, 0.1) is 7.43 Å². The van der Waals surface area contributed by atoms with Gasteiger partial charge in [0.2, 0.25) is 0 Å². The zero-order chi connectivity index (χ0) is 15.3. The summed E-state index contributed by atoms with van der Waals surface area (Å²) in [5.74, 6) is 0. The molecule has 0 aliphatic rings. The van der Waals surface area contributed by atoms with E-state index in [1.807, 2.05) is 0 Å². The first-order chi connectivity index (χ1) is 8.54. The SMILES string of the molecule is CCN(CC)P(Cl)CCCP(C(C)(C)C)C(C)(C)C. The van der Waals surface area contributed by atoms with E-state index in [-0.39, 0.29) is 7.92 Å². The van der Waals surface area contributed by atoms with Gasteiger partial charge in [0.1, 0.15) is 0 Å². The van der Waals surface area contributed by atoms with Crippen molar-refractivity contribution >= 4 is 26.6 Å². The van der Waals surface area contributed by atoms with Gasteiger partial charge in [0, 0.05) is 13.1 Å². The molecule has 0 saturated carbocycles. The average molecular weight is 326 g/mol. The molecule has 0 bridgehead atoms. The van der Waals surface area contributed by atoms with E-state index in [0.29, 0.717) is 10.3 Å². The fraction of sp³-hybridized carbons (Fsp3) is 1.00. The van der Waals surface area contributed by atoms with Crippen LogP contribution in [0.4, 0.5) is 0 Å². The molecule has 0 rings (SSSR count). The lowest BCUT2D eigenvalue weighted by atomic mass is 10.2. The first-order valence-corrected chi connectivity index (χ1v) is 11.4. The van der Waals surface area contributed by atoms with E-state index in [9.17, 15) is 0 Å². The predicted octanol–water partition coefficient (Wildman–Crippen LogP) is 6.35. The molecule has 1 unspecified atom stereocenters. The Hall–Kier alpha value is 1.11. The minimum absolute atomic E-state index is 0.0320. The van der Waals surface area contributed by atoms with Crippen molar-refractivity contribution in [2.24, 2.45) is 0 Å². The zero-order valence-electron chi connectivity index (χ0n) is 14.3. The summed E-state index contributed by atoms with van der Waals surface area (Å²) in [5, 5.41) is 0.885. The maximum Gasteiger partial charge on any atom is 0.0625 e. The van der Waals surface area contributed by atoms with Crippen molar-refractivity contribution in [3.05, 3.63) is 0 Å². The Labute approximate surface area is 129 Å². The molecule has 0 aromatic heterocycles. The van der Waals surface area contributed by atoms with Crippen LogP contribution in [0.25, 0.3) is 0 Å². The van der Waals surface area contributed by atoms with Crippen LogP contribution < -0.4 is 0 Å². The highest BCUT2D eigenvalue weighted by Gasteiger charge is 2.33. The second-order valence-electron chi connectivity index (χ2n) is 7.05. The third kappa shape index (κ3) is 7.61. The molecular weight excluding hydrogens is 292 g/mol. The normalized spacial score (nSPS) is 15.3. The highest BCUT2D eigenvalue weighted by molar-refractivity contribution is 7.82. The highest BCUT2D eigenvalue weighted by atomic mass is 35.7. The minimum Gasteiger partial charge on any atom is -0.270 e. The molecule has 0 aromatic carbocycles. The van der Waals surface area contributed by atoms with Crippen LogP contribution in [0, 0.1) is 0 Å². The average Bonchev–Trinajstić information content (AvgIpc) is 2.22. The third-order valence-corrected chi connectivity index (χ3v) is 10.4. The van der Waals surface area contributed by atoms with Crippen molar-refractivity contribution in [2.75, 3.05) is 25.4 Å². The van der Waals surface area contributed by atoms with Crippen molar-refractivity contribution in [1.29, 1.82) is 0 Å². The molecule has 0 N–H and O–H groups in total. The van der Waals surface area contributed by atoms with Crippen molar-refractivity contribution in [3.8, 4) is 0 Å². The summed E-state index contributed by atoms with van der Waals surface area (Å²) in [7, 11) is -0.399. The Morgan fingerprint density at radius 2 is 1.26 bits per heavy atom. The van der Waals surface area contributed by atoms with E-state index in [1.54, 1.807) is 0 Å². The molecule has 0 heterocycles. The Kier molecular flexibility index (Phi) is 9.03. The maximum atomic E-state index is 6.56. The van der Waals surface area contributed by atoms with Gasteiger partial charge in [-0.05, 0) is 29.1 Å². The van der Waals surface area contributed by atoms with Gasteiger partial charge < -0.3 is 0 Å². The first kappa shape index (κ1) is 20.1. The van der Waals surface area contributed by atoms with E-state index < -0.39 is 7.43 Å². The summed E-state index contributed by atoms with van der Waals surface area (Å²) in [6, 6.07) is 0. The lowest BCUT2D eigenvalue weighted by Gasteiger charge is -2.42. The van der Waals surface area contributed by atoms with Crippen LogP contribution >= 0.6 is 26.6 Å². The smallest absolute Gasteiger partial charge is 0.0625 e. The van der Waals surface area contributed by atoms with Crippen LogP contribution in [-0.4, -0.2) is 40.4 Å². The van der Waals surface area contributed by atoms with Crippen LogP contribution in [-0.2, 0) is 0 Å². The molecule has 0 aliphatic heterocycles. The van der Waals surface area contributed by atoms with Crippen molar-refractivity contribution in [2.45, 2.75) is 72.1 Å². The quantitative estimate of drug-likeness (QED) is 0.493. The lowest BCUT2D eigenvalue weighted by molar-refractivity contribution is 0.512. The molecule has 0 spiro atoms. The monoisotopic (exact) mass is 325 g/mol. The lowest BCUT2D eigenvalue weighted by Crippen LogP contribution is -2.27. The predicted molar refractivity (Wildman–Crippen MR) is 96.5 cm³/mol. The number of hydrogen-bond donors (Lipinski definition) is 0. The van der Waals surface area contributed by atoms with E-state index in [1.165, 1.54) is 18.7 Å². The van der Waals surface area contributed by atoms with Gasteiger partial charge in [-0.25, -0.2) is 0 Å². The van der Waals surface area contributed by atoms with Crippen molar-refractivity contribution < 1.29 is 0 Å². The molecule has 4 heteroatoms. The largest absolute Gasteiger partial charge is 0.270 e. The van der Waals surface area contributed by atoms with E-state index >= 15 is 0 Å². The van der Waals surface area contributed by atoms with Gasteiger partial charge in [-0.2, -0.15) is 0 Å². The summed E-state index contributed by atoms with van der Waals surface area (Å²) in [4.78, 5) is 0. The molecular formula is C15H34ClNP2. The number of hydrogen-bond acceptors (Lipinski definition) is 1. The summed E-state index contributed by atoms with van der Waals surface area (Å²) >= 11 is 6.56. The Morgan fingerprint density at radius 3 is 1.58 bits per heavy atom. The Morgan fingerprint density at radius 1 is 0.842 bits per heavy atom. The fourth-order valence-corrected chi connectivity index (χ4v) is 9.10. The highest BCUT2D eigenvalue weighted by Crippen LogP contribution is 2.60. The molecule has 19 heavy (non-hydrogen) atoms. The Balaban J connectivity index is 4.36. The second kappa shape index (κ2) is 8.53. The molecule has 1 atom stereocenters. The number of nitrogens with zero attached hydrogens (tertiary/aromatic N) is 1.